The van der Waals surface area contributed by atoms with Gasteiger partial charge < -0.3 is 10.4 Å². The van der Waals surface area contributed by atoms with Crippen LogP contribution >= 0.6 is 11.8 Å². The van der Waals surface area contributed by atoms with E-state index in [0.29, 0.717) is 6.42 Å². The lowest BCUT2D eigenvalue weighted by Crippen LogP contribution is -2.33. The number of benzene rings is 1. The molecule has 0 unspecified atom stereocenters. The van der Waals surface area contributed by atoms with Gasteiger partial charge in [0.2, 0.25) is 0 Å². The number of carboxylic acids is 1. The predicted molar refractivity (Wildman–Crippen MR) is 73.0 cm³/mol. The van der Waals surface area contributed by atoms with Gasteiger partial charge in [-0.15, -0.1) is 0 Å². The van der Waals surface area contributed by atoms with Crippen LogP contribution in [0.4, 0.5) is 0 Å². The summed E-state index contributed by atoms with van der Waals surface area (Å²) < 4.78 is 0. The third-order valence-electron chi connectivity index (χ3n) is 2.28. The molecule has 3 nitrogen and oxygen atoms in total. The standard InChI is InChI=1S/C13H17NO2S/c1-17-10-8-12(13(15)16)14-9-7-11-5-3-2-4-6-11/h2-7,9,12,14H,8,10H2,1H3,(H,15,16)/t12-/m0/s1. The average Bonchev–Trinajstić information content (AvgIpc) is 2.34. The Morgan fingerprint density at radius 1 is 1.47 bits per heavy atom. The number of thioether (sulfide) groups is 1. The van der Waals surface area contributed by atoms with Gasteiger partial charge in [-0.05, 0) is 36.3 Å². The van der Waals surface area contributed by atoms with Crippen molar-refractivity contribution in [1.82, 2.24) is 5.32 Å². The summed E-state index contributed by atoms with van der Waals surface area (Å²) in [6, 6.07) is 9.27. The van der Waals surface area contributed by atoms with Crippen LogP contribution in [-0.4, -0.2) is 29.1 Å². The Bertz CT molecular complexity index is 365. The number of rotatable bonds is 7. The van der Waals surface area contributed by atoms with Crippen molar-refractivity contribution in [3.63, 3.8) is 0 Å². The summed E-state index contributed by atoms with van der Waals surface area (Å²) in [5.74, 6) is 0.0279. The van der Waals surface area contributed by atoms with Crippen LogP contribution in [0.5, 0.6) is 0 Å². The molecule has 0 aliphatic rings. The van der Waals surface area contributed by atoms with E-state index in [4.69, 9.17) is 5.11 Å². The topological polar surface area (TPSA) is 49.3 Å². The number of hydrogen-bond donors (Lipinski definition) is 2. The molecular formula is C13H17NO2S. The number of carboxylic acid groups (broad SMARTS) is 1. The maximum absolute atomic E-state index is 10.9. The van der Waals surface area contributed by atoms with Crippen LogP contribution in [-0.2, 0) is 4.79 Å². The SMILES string of the molecule is CSCC[C@H](NC=Cc1ccccc1)C(=O)O. The average molecular weight is 251 g/mol. The third-order valence-corrected chi connectivity index (χ3v) is 2.93. The number of hydrogen-bond acceptors (Lipinski definition) is 3. The zero-order valence-corrected chi connectivity index (χ0v) is 10.6. The van der Waals surface area contributed by atoms with E-state index in [9.17, 15) is 4.79 Å². The first kappa shape index (κ1) is 13.6. The first-order valence-electron chi connectivity index (χ1n) is 5.43. The van der Waals surface area contributed by atoms with E-state index < -0.39 is 12.0 Å². The number of aliphatic carboxylic acids is 1. The highest BCUT2D eigenvalue weighted by molar-refractivity contribution is 7.98. The summed E-state index contributed by atoms with van der Waals surface area (Å²) >= 11 is 1.65. The molecule has 0 saturated carbocycles. The molecule has 92 valence electrons. The van der Waals surface area contributed by atoms with Crippen LogP contribution in [0.25, 0.3) is 6.08 Å². The van der Waals surface area contributed by atoms with E-state index in [-0.39, 0.29) is 0 Å². The summed E-state index contributed by atoms with van der Waals surface area (Å²) in [5.41, 5.74) is 1.05. The summed E-state index contributed by atoms with van der Waals surface area (Å²) in [6.07, 6.45) is 6.16. The summed E-state index contributed by atoms with van der Waals surface area (Å²) in [7, 11) is 0. The van der Waals surface area contributed by atoms with Crippen molar-refractivity contribution in [2.75, 3.05) is 12.0 Å². The summed E-state index contributed by atoms with van der Waals surface area (Å²) in [4.78, 5) is 10.9. The minimum Gasteiger partial charge on any atom is -0.480 e. The molecular weight excluding hydrogens is 234 g/mol. The fraction of sp³-hybridized carbons (Fsp3) is 0.308. The van der Waals surface area contributed by atoms with Gasteiger partial charge in [-0.2, -0.15) is 11.8 Å². The van der Waals surface area contributed by atoms with Crippen LogP contribution in [0.2, 0.25) is 0 Å². The Morgan fingerprint density at radius 2 is 2.18 bits per heavy atom. The van der Waals surface area contributed by atoms with Gasteiger partial charge in [0, 0.05) is 0 Å². The Balaban J connectivity index is 2.46. The second-order valence-corrected chi connectivity index (χ2v) is 4.57. The van der Waals surface area contributed by atoms with Gasteiger partial charge in [-0.3, -0.25) is 0 Å². The highest BCUT2D eigenvalue weighted by Gasteiger charge is 2.13. The lowest BCUT2D eigenvalue weighted by Gasteiger charge is -2.11. The molecule has 0 bridgehead atoms. The number of nitrogens with one attached hydrogen (secondary N) is 1. The van der Waals surface area contributed by atoms with Gasteiger partial charge in [0.25, 0.3) is 0 Å². The van der Waals surface area contributed by atoms with Crippen molar-refractivity contribution in [3.8, 4) is 0 Å². The molecule has 0 spiro atoms. The van der Waals surface area contributed by atoms with Gasteiger partial charge in [-0.25, -0.2) is 4.79 Å². The molecule has 0 amide bonds. The second-order valence-electron chi connectivity index (χ2n) is 3.58. The number of carbonyl (C=O) groups is 1. The van der Waals surface area contributed by atoms with Gasteiger partial charge in [0.15, 0.2) is 0 Å². The van der Waals surface area contributed by atoms with Crippen LogP contribution in [0, 0.1) is 0 Å². The molecule has 0 aliphatic carbocycles. The van der Waals surface area contributed by atoms with Gasteiger partial charge in [0.1, 0.15) is 6.04 Å². The molecule has 1 aromatic carbocycles. The lowest BCUT2D eigenvalue weighted by atomic mass is 10.2. The Labute approximate surface area is 106 Å². The predicted octanol–water partition coefficient (Wildman–Crippen LogP) is 2.45. The van der Waals surface area contributed by atoms with Crippen molar-refractivity contribution < 1.29 is 9.90 Å². The Morgan fingerprint density at radius 3 is 2.76 bits per heavy atom. The van der Waals surface area contributed by atoms with E-state index in [1.54, 1.807) is 18.0 Å². The van der Waals surface area contributed by atoms with Crippen molar-refractivity contribution in [2.45, 2.75) is 12.5 Å². The van der Waals surface area contributed by atoms with E-state index in [2.05, 4.69) is 5.32 Å². The molecule has 1 aromatic rings. The van der Waals surface area contributed by atoms with Crippen molar-refractivity contribution in [2.24, 2.45) is 0 Å². The summed E-state index contributed by atoms with van der Waals surface area (Å²) in [6.45, 7) is 0. The van der Waals surface area contributed by atoms with E-state index in [1.165, 1.54) is 0 Å². The van der Waals surface area contributed by atoms with E-state index in [1.807, 2.05) is 42.7 Å². The molecule has 2 N–H and O–H groups in total. The van der Waals surface area contributed by atoms with Gasteiger partial charge >= 0.3 is 5.97 Å². The fourth-order valence-corrected chi connectivity index (χ4v) is 1.81. The third kappa shape index (κ3) is 5.45. The molecule has 1 rings (SSSR count). The van der Waals surface area contributed by atoms with E-state index in [0.717, 1.165) is 11.3 Å². The zero-order chi connectivity index (χ0) is 12.5. The maximum Gasteiger partial charge on any atom is 0.326 e. The first-order valence-corrected chi connectivity index (χ1v) is 6.83. The lowest BCUT2D eigenvalue weighted by molar-refractivity contribution is -0.139. The fourth-order valence-electron chi connectivity index (χ4n) is 1.34. The molecule has 1 atom stereocenters. The molecule has 17 heavy (non-hydrogen) atoms. The van der Waals surface area contributed by atoms with Crippen LogP contribution in [0.3, 0.4) is 0 Å². The zero-order valence-electron chi connectivity index (χ0n) is 9.80. The van der Waals surface area contributed by atoms with Crippen LogP contribution in [0.1, 0.15) is 12.0 Å². The van der Waals surface area contributed by atoms with Gasteiger partial charge in [-0.1, -0.05) is 30.3 Å². The Hall–Kier alpha value is -1.42. The molecule has 4 heteroatoms. The molecule has 0 aromatic heterocycles. The van der Waals surface area contributed by atoms with Gasteiger partial charge in [0.05, 0.1) is 0 Å². The van der Waals surface area contributed by atoms with Crippen LogP contribution < -0.4 is 5.32 Å². The first-order chi connectivity index (χ1) is 8.24. The summed E-state index contributed by atoms with van der Waals surface area (Å²) in [5, 5.41) is 11.9. The normalized spacial score (nSPS) is 12.5. The smallest absolute Gasteiger partial charge is 0.326 e. The highest BCUT2D eigenvalue weighted by atomic mass is 32.2. The maximum atomic E-state index is 10.9. The van der Waals surface area contributed by atoms with Crippen molar-refractivity contribution >= 4 is 23.8 Å². The minimum absolute atomic E-state index is 0.512. The van der Waals surface area contributed by atoms with Crippen molar-refractivity contribution in [3.05, 3.63) is 42.1 Å². The van der Waals surface area contributed by atoms with E-state index >= 15 is 0 Å². The second kappa shape index (κ2) is 7.79. The molecule has 0 aliphatic heterocycles. The van der Waals surface area contributed by atoms with Crippen LogP contribution in [0.15, 0.2) is 36.5 Å². The largest absolute Gasteiger partial charge is 0.480 e. The highest BCUT2D eigenvalue weighted by Crippen LogP contribution is 2.03. The monoisotopic (exact) mass is 251 g/mol. The Kier molecular flexibility index (Phi) is 6.25. The molecule has 0 fully saturated rings. The van der Waals surface area contributed by atoms with Crippen molar-refractivity contribution in [1.29, 1.82) is 0 Å². The molecule has 0 saturated heterocycles. The molecule has 0 radical (unpaired) electrons. The quantitative estimate of drug-likeness (QED) is 0.781. The molecule has 0 heterocycles. The minimum atomic E-state index is -0.809.